The number of benzene rings is 1. The average Bonchev–Trinajstić information content (AvgIpc) is 2.26. The maximum absolute atomic E-state index is 11.2. The number of nitrogens with two attached hydrogens (primary N) is 1. The van der Waals surface area contributed by atoms with Crippen molar-refractivity contribution in [3.8, 4) is 5.75 Å². The van der Waals surface area contributed by atoms with E-state index in [2.05, 4.69) is 5.32 Å². The highest BCUT2D eigenvalue weighted by Gasteiger charge is 2.24. The molecule has 0 radical (unpaired) electrons. The Balaban J connectivity index is 2.86. The fourth-order valence-corrected chi connectivity index (χ4v) is 1.53. The Bertz CT molecular complexity index is 419. The second-order valence-electron chi connectivity index (χ2n) is 4.26. The molecule has 1 aromatic rings. The summed E-state index contributed by atoms with van der Waals surface area (Å²) in [7, 11) is 1.58. The molecule has 4 nitrogen and oxygen atoms in total. The highest BCUT2D eigenvalue weighted by atomic mass is 35.5. The van der Waals surface area contributed by atoms with Gasteiger partial charge in [-0.05, 0) is 26.0 Å². The van der Waals surface area contributed by atoms with Gasteiger partial charge in [0.2, 0.25) is 5.91 Å². The van der Waals surface area contributed by atoms with Crippen LogP contribution in [0.1, 0.15) is 19.4 Å². The van der Waals surface area contributed by atoms with Crippen molar-refractivity contribution in [2.24, 2.45) is 5.73 Å². The van der Waals surface area contributed by atoms with Crippen molar-refractivity contribution in [3.63, 3.8) is 0 Å². The third-order valence-corrected chi connectivity index (χ3v) is 2.97. The van der Waals surface area contributed by atoms with Gasteiger partial charge in [0.15, 0.2) is 0 Å². The van der Waals surface area contributed by atoms with Crippen LogP contribution in [0, 0.1) is 0 Å². The Hall–Kier alpha value is -1.26. The molecule has 0 fully saturated rings. The zero-order valence-corrected chi connectivity index (χ0v) is 11.0. The molecule has 0 aliphatic heterocycles. The van der Waals surface area contributed by atoms with E-state index in [9.17, 15) is 4.79 Å². The smallest absolute Gasteiger partial charge is 0.237 e. The number of ether oxygens (including phenoxy) is 1. The zero-order valence-electron chi connectivity index (χ0n) is 10.2. The summed E-state index contributed by atoms with van der Waals surface area (Å²) in [5, 5.41) is 3.65. The number of primary amides is 1. The molecule has 0 aromatic heterocycles. The fourth-order valence-electron chi connectivity index (χ4n) is 1.30. The predicted octanol–water partition coefficient (Wildman–Crippen LogP) is 1.70. The minimum Gasteiger partial charge on any atom is -0.496 e. The van der Waals surface area contributed by atoms with Crippen LogP contribution in [0.15, 0.2) is 18.2 Å². The molecule has 0 atom stereocenters. The largest absolute Gasteiger partial charge is 0.496 e. The lowest BCUT2D eigenvalue weighted by atomic mass is 10.0. The first kappa shape index (κ1) is 13.8. The SMILES string of the molecule is COc1cccc(Cl)c1CNC(C)(C)C(N)=O. The lowest BCUT2D eigenvalue weighted by Crippen LogP contribution is -2.50. The van der Waals surface area contributed by atoms with Crippen LogP contribution in [0.2, 0.25) is 5.02 Å². The Morgan fingerprint density at radius 2 is 2.18 bits per heavy atom. The van der Waals surface area contributed by atoms with Crippen LogP contribution in [0.25, 0.3) is 0 Å². The molecular formula is C12H17ClN2O2. The molecule has 0 heterocycles. The normalized spacial score (nSPS) is 11.3. The van der Waals surface area contributed by atoms with Crippen LogP contribution in [0.5, 0.6) is 5.75 Å². The van der Waals surface area contributed by atoms with Gasteiger partial charge in [0, 0.05) is 17.1 Å². The second-order valence-corrected chi connectivity index (χ2v) is 4.67. The first-order chi connectivity index (χ1) is 7.88. The monoisotopic (exact) mass is 256 g/mol. The standard InChI is InChI=1S/C12H17ClN2O2/c1-12(2,11(14)16)15-7-8-9(13)5-4-6-10(8)17-3/h4-6,15H,7H2,1-3H3,(H2,14,16). The van der Waals surface area contributed by atoms with Crippen molar-refractivity contribution in [1.82, 2.24) is 5.32 Å². The van der Waals surface area contributed by atoms with E-state index >= 15 is 0 Å². The molecule has 0 aliphatic carbocycles. The summed E-state index contributed by atoms with van der Waals surface area (Å²) in [4.78, 5) is 11.2. The molecule has 0 bridgehead atoms. The van der Waals surface area contributed by atoms with E-state index in [4.69, 9.17) is 22.1 Å². The Morgan fingerprint density at radius 3 is 2.71 bits per heavy atom. The van der Waals surface area contributed by atoms with Gasteiger partial charge in [0.05, 0.1) is 12.6 Å². The summed E-state index contributed by atoms with van der Waals surface area (Å²) in [6.45, 7) is 3.86. The number of halogens is 1. The van der Waals surface area contributed by atoms with E-state index in [0.717, 1.165) is 5.56 Å². The van der Waals surface area contributed by atoms with Gasteiger partial charge in [-0.15, -0.1) is 0 Å². The van der Waals surface area contributed by atoms with Crippen molar-refractivity contribution < 1.29 is 9.53 Å². The van der Waals surface area contributed by atoms with Crippen LogP contribution < -0.4 is 15.8 Å². The molecule has 0 saturated carbocycles. The molecule has 94 valence electrons. The topological polar surface area (TPSA) is 64.3 Å². The van der Waals surface area contributed by atoms with E-state index in [-0.39, 0.29) is 0 Å². The molecule has 0 aliphatic rings. The first-order valence-electron chi connectivity index (χ1n) is 5.25. The van der Waals surface area contributed by atoms with Crippen LogP contribution in [-0.4, -0.2) is 18.6 Å². The lowest BCUT2D eigenvalue weighted by Gasteiger charge is -2.23. The van der Waals surface area contributed by atoms with Crippen molar-refractivity contribution in [1.29, 1.82) is 0 Å². The fraction of sp³-hybridized carbons (Fsp3) is 0.417. The van der Waals surface area contributed by atoms with E-state index < -0.39 is 11.4 Å². The quantitative estimate of drug-likeness (QED) is 0.843. The number of hydrogen-bond donors (Lipinski definition) is 2. The van der Waals surface area contributed by atoms with E-state index in [0.29, 0.717) is 17.3 Å². The summed E-state index contributed by atoms with van der Waals surface area (Å²) >= 11 is 6.08. The van der Waals surface area contributed by atoms with Gasteiger partial charge in [0.1, 0.15) is 5.75 Å². The summed E-state index contributed by atoms with van der Waals surface area (Å²) in [6.07, 6.45) is 0. The molecule has 0 spiro atoms. The summed E-state index contributed by atoms with van der Waals surface area (Å²) in [5.74, 6) is 0.272. The van der Waals surface area contributed by atoms with Crippen LogP contribution in [-0.2, 0) is 11.3 Å². The van der Waals surface area contributed by atoms with E-state index in [1.807, 2.05) is 12.1 Å². The molecule has 3 N–H and O–H groups in total. The molecule has 17 heavy (non-hydrogen) atoms. The summed E-state index contributed by atoms with van der Waals surface area (Å²) in [6, 6.07) is 5.41. The molecular weight excluding hydrogens is 240 g/mol. The van der Waals surface area contributed by atoms with Gasteiger partial charge in [-0.3, -0.25) is 10.1 Å². The minimum absolute atomic E-state index is 0.413. The highest BCUT2D eigenvalue weighted by Crippen LogP contribution is 2.26. The molecule has 5 heteroatoms. The average molecular weight is 257 g/mol. The molecule has 1 amide bonds. The van der Waals surface area contributed by atoms with Crippen molar-refractivity contribution in [3.05, 3.63) is 28.8 Å². The van der Waals surface area contributed by atoms with Gasteiger partial charge in [-0.25, -0.2) is 0 Å². The van der Waals surface area contributed by atoms with E-state index in [1.165, 1.54) is 0 Å². The number of hydrogen-bond acceptors (Lipinski definition) is 3. The predicted molar refractivity (Wildman–Crippen MR) is 68.1 cm³/mol. The third kappa shape index (κ3) is 3.35. The Labute approximate surface area is 106 Å². The Morgan fingerprint density at radius 1 is 1.53 bits per heavy atom. The van der Waals surface area contributed by atoms with Crippen molar-refractivity contribution >= 4 is 17.5 Å². The minimum atomic E-state index is -0.788. The molecule has 1 rings (SSSR count). The first-order valence-corrected chi connectivity index (χ1v) is 5.62. The molecule has 1 aromatic carbocycles. The van der Waals surface area contributed by atoms with Gasteiger partial charge >= 0.3 is 0 Å². The summed E-state index contributed by atoms with van der Waals surface area (Å²) < 4.78 is 5.21. The van der Waals surface area contributed by atoms with Crippen LogP contribution in [0.4, 0.5) is 0 Å². The van der Waals surface area contributed by atoms with Gasteiger partial charge in [0.25, 0.3) is 0 Å². The number of carbonyl (C=O) groups is 1. The van der Waals surface area contributed by atoms with Gasteiger partial charge < -0.3 is 10.5 Å². The van der Waals surface area contributed by atoms with Crippen LogP contribution >= 0.6 is 11.6 Å². The highest BCUT2D eigenvalue weighted by molar-refractivity contribution is 6.31. The molecule has 0 saturated heterocycles. The van der Waals surface area contributed by atoms with E-state index in [1.54, 1.807) is 27.0 Å². The van der Waals surface area contributed by atoms with Crippen LogP contribution in [0.3, 0.4) is 0 Å². The van der Waals surface area contributed by atoms with Gasteiger partial charge in [-0.2, -0.15) is 0 Å². The second kappa shape index (κ2) is 5.38. The number of amides is 1. The maximum Gasteiger partial charge on any atom is 0.237 e. The number of nitrogens with one attached hydrogen (secondary N) is 1. The van der Waals surface area contributed by atoms with Gasteiger partial charge in [-0.1, -0.05) is 17.7 Å². The summed E-state index contributed by atoms with van der Waals surface area (Å²) in [5.41, 5.74) is 5.30. The third-order valence-electron chi connectivity index (χ3n) is 2.62. The maximum atomic E-state index is 11.2. The Kier molecular flexibility index (Phi) is 4.37. The number of rotatable bonds is 5. The number of methoxy groups -OCH3 is 1. The zero-order chi connectivity index (χ0) is 13.1. The lowest BCUT2D eigenvalue weighted by molar-refractivity contribution is -0.123. The van der Waals surface area contributed by atoms with Crippen molar-refractivity contribution in [2.45, 2.75) is 25.9 Å². The van der Waals surface area contributed by atoms with Crippen molar-refractivity contribution in [2.75, 3.05) is 7.11 Å². The number of carbonyl (C=O) groups excluding carboxylic acids is 1. The molecule has 0 unspecified atom stereocenters.